The van der Waals surface area contributed by atoms with E-state index in [9.17, 15) is 9.59 Å². The number of carbonyl (C=O) groups is 2. The van der Waals surface area contributed by atoms with Crippen LogP contribution in [0.2, 0.25) is 0 Å². The van der Waals surface area contributed by atoms with Crippen molar-refractivity contribution in [2.75, 3.05) is 13.2 Å². The van der Waals surface area contributed by atoms with Crippen LogP contribution in [0.4, 0.5) is 0 Å². The summed E-state index contributed by atoms with van der Waals surface area (Å²) in [5.41, 5.74) is 0. The molecule has 0 fully saturated rings. The first-order valence-electron chi connectivity index (χ1n) is 13.7. The van der Waals surface area contributed by atoms with Gasteiger partial charge in [0.15, 0.2) is 0 Å². The lowest BCUT2D eigenvalue weighted by molar-refractivity contribution is -0.144. The monoisotopic (exact) mass is 454 g/mol. The van der Waals surface area contributed by atoms with Gasteiger partial charge in [-0.1, -0.05) is 105 Å². The van der Waals surface area contributed by atoms with E-state index in [1.165, 1.54) is 38.5 Å². The Hall–Kier alpha value is -1.06. The second kappa shape index (κ2) is 23.1. The van der Waals surface area contributed by atoms with Crippen molar-refractivity contribution >= 4 is 11.9 Å². The SMILES string of the molecule is CC(C)CCCCCCCOC(=O)CCCCCCCCC(=O)OCCCCCC(C)C. The molecule has 4 nitrogen and oxygen atoms in total. The fraction of sp³-hybridized carbons (Fsp3) is 0.929. The van der Waals surface area contributed by atoms with E-state index in [2.05, 4.69) is 27.7 Å². The predicted molar refractivity (Wildman–Crippen MR) is 135 cm³/mol. The fourth-order valence-electron chi connectivity index (χ4n) is 3.78. The van der Waals surface area contributed by atoms with Gasteiger partial charge in [0.05, 0.1) is 13.2 Å². The van der Waals surface area contributed by atoms with Gasteiger partial charge in [0.2, 0.25) is 0 Å². The normalized spacial score (nSPS) is 11.3. The molecule has 0 aliphatic heterocycles. The van der Waals surface area contributed by atoms with Gasteiger partial charge in [-0.05, 0) is 37.5 Å². The second-order valence-corrected chi connectivity index (χ2v) is 10.3. The summed E-state index contributed by atoms with van der Waals surface area (Å²) in [5, 5.41) is 0. The first-order chi connectivity index (χ1) is 15.4. The van der Waals surface area contributed by atoms with Crippen LogP contribution >= 0.6 is 0 Å². The zero-order valence-corrected chi connectivity index (χ0v) is 21.9. The van der Waals surface area contributed by atoms with Crippen molar-refractivity contribution in [3.05, 3.63) is 0 Å². The lowest BCUT2D eigenvalue weighted by Gasteiger charge is -2.07. The molecule has 0 N–H and O–H groups in total. The van der Waals surface area contributed by atoms with E-state index in [1.807, 2.05) is 0 Å². The van der Waals surface area contributed by atoms with E-state index in [0.717, 1.165) is 76.0 Å². The van der Waals surface area contributed by atoms with Crippen LogP contribution in [0.5, 0.6) is 0 Å². The lowest BCUT2D eigenvalue weighted by Crippen LogP contribution is -2.06. The van der Waals surface area contributed by atoms with Gasteiger partial charge in [-0.3, -0.25) is 9.59 Å². The third kappa shape index (κ3) is 25.2. The topological polar surface area (TPSA) is 52.6 Å². The number of carbonyl (C=O) groups excluding carboxylic acids is 2. The number of hydrogen-bond donors (Lipinski definition) is 0. The summed E-state index contributed by atoms with van der Waals surface area (Å²) in [4.78, 5) is 23.5. The number of hydrogen-bond acceptors (Lipinski definition) is 4. The molecule has 0 radical (unpaired) electrons. The van der Waals surface area contributed by atoms with Crippen molar-refractivity contribution in [3.8, 4) is 0 Å². The molecule has 0 unspecified atom stereocenters. The Morgan fingerprint density at radius 1 is 0.469 bits per heavy atom. The molecule has 4 heteroatoms. The summed E-state index contributed by atoms with van der Waals surface area (Å²) in [5.74, 6) is 1.47. The Kier molecular flexibility index (Phi) is 22.3. The summed E-state index contributed by atoms with van der Waals surface area (Å²) >= 11 is 0. The van der Waals surface area contributed by atoms with Crippen molar-refractivity contribution in [2.24, 2.45) is 11.8 Å². The highest BCUT2D eigenvalue weighted by Crippen LogP contribution is 2.12. The zero-order valence-electron chi connectivity index (χ0n) is 21.9. The van der Waals surface area contributed by atoms with Crippen molar-refractivity contribution < 1.29 is 19.1 Å². The number of rotatable bonds is 23. The molecule has 0 aliphatic rings. The van der Waals surface area contributed by atoms with E-state index in [1.54, 1.807) is 0 Å². The predicted octanol–water partition coefficient (Wildman–Crippen LogP) is 8.41. The summed E-state index contributed by atoms with van der Waals surface area (Å²) in [6, 6.07) is 0. The van der Waals surface area contributed by atoms with Crippen LogP contribution in [0.25, 0.3) is 0 Å². The van der Waals surface area contributed by atoms with Crippen LogP contribution in [-0.4, -0.2) is 25.2 Å². The molecule has 190 valence electrons. The lowest BCUT2D eigenvalue weighted by atomic mass is 10.0. The standard InChI is InChI=1S/C28H54O4/c1-25(2)19-13-8-7-11-17-23-31-27(29)21-15-9-5-6-10-16-22-28(30)32-24-18-12-14-20-26(3)4/h25-26H,5-24H2,1-4H3. The van der Waals surface area contributed by atoms with Gasteiger partial charge in [-0.25, -0.2) is 0 Å². The molecule has 0 aromatic carbocycles. The van der Waals surface area contributed by atoms with Crippen LogP contribution in [0.3, 0.4) is 0 Å². The third-order valence-corrected chi connectivity index (χ3v) is 5.89. The molecule has 0 bridgehead atoms. The molecule has 0 saturated carbocycles. The summed E-state index contributed by atoms with van der Waals surface area (Å²) in [6.45, 7) is 10.2. The highest BCUT2D eigenvalue weighted by atomic mass is 16.5. The molecule has 0 amide bonds. The maximum atomic E-state index is 11.8. The van der Waals surface area contributed by atoms with Gasteiger partial charge in [-0.2, -0.15) is 0 Å². The van der Waals surface area contributed by atoms with Gasteiger partial charge in [0, 0.05) is 12.8 Å². The zero-order chi connectivity index (χ0) is 23.9. The van der Waals surface area contributed by atoms with Crippen LogP contribution in [0.15, 0.2) is 0 Å². The maximum absolute atomic E-state index is 11.8. The van der Waals surface area contributed by atoms with Crippen molar-refractivity contribution in [1.29, 1.82) is 0 Å². The van der Waals surface area contributed by atoms with E-state index in [4.69, 9.17) is 9.47 Å². The minimum Gasteiger partial charge on any atom is -0.466 e. The van der Waals surface area contributed by atoms with Crippen molar-refractivity contribution in [2.45, 2.75) is 143 Å². The Morgan fingerprint density at radius 2 is 0.781 bits per heavy atom. The molecular weight excluding hydrogens is 400 g/mol. The van der Waals surface area contributed by atoms with E-state index in [-0.39, 0.29) is 11.9 Å². The Bertz CT molecular complexity index is 431. The molecular formula is C28H54O4. The smallest absolute Gasteiger partial charge is 0.305 e. The van der Waals surface area contributed by atoms with Crippen LogP contribution in [0.1, 0.15) is 143 Å². The van der Waals surface area contributed by atoms with Gasteiger partial charge < -0.3 is 9.47 Å². The fourth-order valence-corrected chi connectivity index (χ4v) is 3.78. The Morgan fingerprint density at radius 3 is 1.19 bits per heavy atom. The molecule has 32 heavy (non-hydrogen) atoms. The first kappa shape index (κ1) is 30.9. The Labute approximate surface area is 199 Å². The van der Waals surface area contributed by atoms with Gasteiger partial charge in [-0.15, -0.1) is 0 Å². The largest absolute Gasteiger partial charge is 0.466 e. The minimum atomic E-state index is -0.0489. The van der Waals surface area contributed by atoms with Gasteiger partial charge >= 0.3 is 11.9 Å². The number of ether oxygens (including phenoxy) is 2. The highest BCUT2D eigenvalue weighted by Gasteiger charge is 2.04. The summed E-state index contributed by atoms with van der Waals surface area (Å²) < 4.78 is 10.6. The number of esters is 2. The molecule has 0 aromatic heterocycles. The summed E-state index contributed by atoms with van der Waals surface area (Å²) in [6.07, 6.45) is 19.2. The van der Waals surface area contributed by atoms with E-state index < -0.39 is 0 Å². The highest BCUT2D eigenvalue weighted by molar-refractivity contribution is 5.69. The quantitative estimate of drug-likeness (QED) is 0.115. The summed E-state index contributed by atoms with van der Waals surface area (Å²) in [7, 11) is 0. The van der Waals surface area contributed by atoms with Crippen LogP contribution in [0, 0.1) is 11.8 Å². The van der Waals surface area contributed by atoms with Crippen LogP contribution in [-0.2, 0) is 19.1 Å². The van der Waals surface area contributed by atoms with Crippen molar-refractivity contribution in [3.63, 3.8) is 0 Å². The average molecular weight is 455 g/mol. The van der Waals surface area contributed by atoms with Crippen LogP contribution < -0.4 is 0 Å². The van der Waals surface area contributed by atoms with Crippen molar-refractivity contribution in [1.82, 2.24) is 0 Å². The molecule has 0 spiro atoms. The number of unbranched alkanes of at least 4 members (excludes halogenated alkanes) is 11. The average Bonchev–Trinajstić information content (AvgIpc) is 2.73. The third-order valence-electron chi connectivity index (χ3n) is 5.89. The minimum absolute atomic E-state index is 0.0447. The van der Waals surface area contributed by atoms with Gasteiger partial charge in [0.25, 0.3) is 0 Å². The van der Waals surface area contributed by atoms with E-state index >= 15 is 0 Å². The molecule has 0 saturated heterocycles. The first-order valence-corrected chi connectivity index (χ1v) is 13.7. The molecule has 0 aliphatic carbocycles. The Balaban J connectivity index is 3.28. The molecule has 0 rings (SSSR count). The molecule has 0 aromatic rings. The molecule has 0 heterocycles. The van der Waals surface area contributed by atoms with Gasteiger partial charge in [0.1, 0.15) is 0 Å². The molecule has 0 atom stereocenters. The maximum Gasteiger partial charge on any atom is 0.305 e. The second-order valence-electron chi connectivity index (χ2n) is 10.3. The van der Waals surface area contributed by atoms with E-state index in [0.29, 0.717) is 26.1 Å².